The molecule has 0 aliphatic carbocycles. The predicted octanol–water partition coefficient (Wildman–Crippen LogP) is 2.47. The average molecular weight is 396 g/mol. The van der Waals surface area contributed by atoms with Crippen LogP contribution in [0.2, 0.25) is 5.02 Å². The van der Waals surface area contributed by atoms with E-state index in [4.69, 9.17) is 11.6 Å². The van der Waals surface area contributed by atoms with Crippen LogP contribution in [0.4, 0.5) is 11.4 Å². The minimum absolute atomic E-state index is 0.0343. The highest BCUT2D eigenvalue weighted by Gasteiger charge is 2.11. The molecule has 0 unspecified atom stereocenters. The number of halogens is 1. The van der Waals surface area contributed by atoms with Gasteiger partial charge >= 0.3 is 0 Å². The van der Waals surface area contributed by atoms with Crippen molar-refractivity contribution < 1.29 is 18.0 Å². The summed E-state index contributed by atoms with van der Waals surface area (Å²) in [6.45, 7) is 0.134. The van der Waals surface area contributed by atoms with Gasteiger partial charge in [-0.3, -0.25) is 14.3 Å². The van der Waals surface area contributed by atoms with Gasteiger partial charge in [-0.15, -0.1) is 0 Å². The molecule has 2 amide bonds. The highest BCUT2D eigenvalue weighted by atomic mass is 35.5. The quantitative estimate of drug-likeness (QED) is 0.669. The fourth-order valence-electron chi connectivity index (χ4n) is 2.09. The zero-order valence-corrected chi connectivity index (χ0v) is 15.5. The Morgan fingerprint density at radius 1 is 1.00 bits per heavy atom. The van der Waals surface area contributed by atoms with Crippen molar-refractivity contribution in [2.24, 2.45) is 0 Å². The minimum Gasteiger partial charge on any atom is -0.352 e. The molecule has 0 saturated carbocycles. The van der Waals surface area contributed by atoms with Crippen molar-refractivity contribution in [3.05, 3.63) is 59.1 Å². The number of amides is 2. The normalized spacial score (nSPS) is 10.8. The zero-order chi connectivity index (χ0) is 19.2. The Bertz CT molecular complexity index is 898. The molecule has 2 aromatic rings. The van der Waals surface area contributed by atoms with Gasteiger partial charge in [0.1, 0.15) is 0 Å². The fourth-order valence-corrected chi connectivity index (χ4v) is 2.79. The molecule has 0 saturated heterocycles. The minimum atomic E-state index is -3.47. The highest BCUT2D eigenvalue weighted by Crippen LogP contribution is 2.22. The number of hydrogen-bond donors (Lipinski definition) is 3. The second-order valence-corrected chi connectivity index (χ2v) is 7.67. The fraction of sp³-hybridized carbons (Fsp3) is 0.176. The molecular weight excluding hydrogens is 378 g/mol. The van der Waals surface area contributed by atoms with Crippen LogP contribution in [-0.4, -0.2) is 33.0 Å². The summed E-state index contributed by atoms with van der Waals surface area (Å²) in [7, 11) is -3.47. The monoisotopic (exact) mass is 395 g/mol. The van der Waals surface area contributed by atoms with E-state index < -0.39 is 10.0 Å². The Morgan fingerprint density at radius 3 is 2.23 bits per heavy atom. The van der Waals surface area contributed by atoms with Gasteiger partial charge in [0.2, 0.25) is 15.9 Å². The van der Waals surface area contributed by atoms with Gasteiger partial charge in [-0.05, 0) is 36.4 Å². The summed E-state index contributed by atoms with van der Waals surface area (Å²) in [4.78, 5) is 24.0. The molecule has 7 nitrogen and oxygen atoms in total. The molecule has 0 spiro atoms. The van der Waals surface area contributed by atoms with E-state index >= 15 is 0 Å². The van der Waals surface area contributed by atoms with Crippen LogP contribution in [0, 0.1) is 0 Å². The van der Waals surface area contributed by atoms with E-state index in [1.165, 1.54) is 0 Å². The third-order valence-corrected chi connectivity index (χ3v) is 4.08. The molecule has 0 heterocycles. The lowest BCUT2D eigenvalue weighted by atomic mass is 10.2. The largest absolute Gasteiger partial charge is 0.352 e. The molecule has 0 aliphatic rings. The number of para-hydroxylation sites is 2. The van der Waals surface area contributed by atoms with Crippen molar-refractivity contribution in [1.29, 1.82) is 0 Å². The van der Waals surface area contributed by atoms with Crippen molar-refractivity contribution in [2.75, 3.05) is 22.8 Å². The molecule has 0 fully saturated rings. The van der Waals surface area contributed by atoms with Gasteiger partial charge in [-0.2, -0.15) is 0 Å². The van der Waals surface area contributed by atoms with Crippen LogP contribution < -0.4 is 15.4 Å². The standard InChI is InChI=1S/C17H18ClN3O4S/c1-26(24,25)21-15-5-3-2-4-14(15)20-16(22)10-11-19-17(23)12-6-8-13(18)9-7-12/h2-9,21H,10-11H2,1H3,(H,19,23)(H,20,22). The summed E-state index contributed by atoms with van der Waals surface area (Å²) in [5, 5.41) is 5.78. The van der Waals surface area contributed by atoms with Gasteiger partial charge in [0.15, 0.2) is 0 Å². The molecular formula is C17H18ClN3O4S. The van der Waals surface area contributed by atoms with Crippen molar-refractivity contribution in [2.45, 2.75) is 6.42 Å². The van der Waals surface area contributed by atoms with E-state index in [9.17, 15) is 18.0 Å². The van der Waals surface area contributed by atoms with Gasteiger partial charge in [-0.1, -0.05) is 23.7 Å². The molecule has 9 heteroatoms. The first-order chi connectivity index (χ1) is 12.2. The topological polar surface area (TPSA) is 104 Å². The van der Waals surface area contributed by atoms with Crippen LogP contribution in [0.5, 0.6) is 0 Å². The SMILES string of the molecule is CS(=O)(=O)Nc1ccccc1NC(=O)CCNC(=O)c1ccc(Cl)cc1. The number of benzene rings is 2. The first-order valence-electron chi connectivity index (χ1n) is 7.65. The molecule has 138 valence electrons. The van der Waals surface area contributed by atoms with E-state index in [-0.39, 0.29) is 30.5 Å². The maximum absolute atomic E-state index is 12.0. The van der Waals surface area contributed by atoms with Gasteiger partial charge in [0, 0.05) is 23.6 Å². The van der Waals surface area contributed by atoms with E-state index in [2.05, 4.69) is 15.4 Å². The van der Waals surface area contributed by atoms with Gasteiger partial charge < -0.3 is 10.6 Å². The number of rotatable bonds is 7. The van der Waals surface area contributed by atoms with Crippen LogP contribution in [0.1, 0.15) is 16.8 Å². The van der Waals surface area contributed by atoms with Crippen LogP contribution in [0.15, 0.2) is 48.5 Å². The summed E-state index contributed by atoms with van der Waals surface area (Å²) in [5.74, 6) is -0.669. The molecule has 0 aromatic heterocycles. The number of hydrogen-bond acceptors (Lipinski definition) is 4. The Kier molecular flexibility index (Phi) is 6.59. The molecule has 2 rings (SSSR count). The lowest BCUT2D eigenvalue weighted by Gasteiger charge is -2.12. The predicted molar refractivity (Wildman–Crippen MR) is 102 cm³/mol. The van der Waals surface area contributed by atoms with Crippen LogP contribution >= 0.6 is 11.6 Å². The summed E-state index contributed by atoms with van der Waals surface area (Å²) >= 11 is 5.76. The lowest BCUT2D eigenvalue weighted by molar-refractivity contribution is -0.116. The Hall–Kier alpha value is -2.58. The second kappa shape index (κ2) is 8.68. The van der Waals surface area contributed by atoms with Crippen molar-refractivity contribution in [3.63, 3.8) is 0 Å². The maximum atomic E-state index is 12.0. The first-order valence-corrected chi connectivity index (χ1v) is 9.92. The van der Waals surface area contributed by atoms with E-state index in [0.717, 1.165) is 6.26 Å². The first kappa shape index (κ1) is 19.7. The van der Waals surface area contributed by atoms with Crippen LogP contribution in [0.25, 0.3) is 0 Å². The molecule has 26 heavy (non-hydrogen) atoms. The summed E-state index contributed by atoms with van der Waals surface area (Å²) in [5.41, 5.74) is 1.05. The number of nitrogens with one attached hydrogen (secondary N) is 3. The molecule has 3 N–H and O–H groups in total. The molecule has 0 bridgehead atoms. The second-order valence-electron chi connectivity index (χ2n) is 5.48. The van der Waals surface area contributed by atoms with Crippen molar-refractivity contribution in [1.82, 2.24) is 5.32 Å². The number of carbonyl (C=O) groups is 2. The number of sulfonamides is 1. The summed E-state index contributed by atoms with van der Waals surface area (Å²) in [6.07, 6.45) is 1.06. The molecule has 0 radical (unpaired) electrons. The van der Waals surface area contributed by atoms with E-state index in [1.54, 1.807) is 48.5 Å². The van der Waals surface area contributed by atoms with E-state index in [0.29, 0.717) is 16.3 Å². The maximum Gasteiger partial charge on any atom is 0.251 e. The van der Waals surface area contributed by atoms with Crippen LogP contribution in [-0.2, 0) is 14.8 Å². The molecule has 2 aromatic carbocycles. The van der Waals surface area contributed by atoms with Crippen LogP contribution in [0.3, 0.4) is 0 Å². The Labute approximate surface area is 156 Å². The Balaban J connectivity index is 1.87. The summed E-state index contributed by atoms with van der Waals surface area (Å²) in [6, 6.07) is 12.8. The van der Waals surface area contributed by atoms with Gasteiger partial charge in [0.25, 0.3) is 5.91 Å². The van der Waals surface area contributed by atoms with Crippen molar-refractivity contribution >= 4 is 44.8 Å². The number of carbonyl (C=O) groups excluding carboxylic acids is 2. The lowest BCUT2D eigenvalue weighted by Crippen LogP contribution is -2.27. The van der Waals surface area contributed by atoms with Gasteiger partial charge in [-0.25, -0.2) is 8.42 Å². The molecule has 0 aliphatic heterocycles. The summed E-state index contributed by atoms with van der Waals surface area (Å²) < 4.78 is 25.1. The van der Waals surface area contributed by atoms with E-state index in [1.807, 2.05) is 0 Å². The van der Waals surface area contributed by atoms with Gasteiger partial charge in [0.05, 0.1) is 17.6 Å². The zero-order valence-electron chi connectivity index (χ0n) is 14.0. The third-order valence-electron chi connectivity index (χ3n) is 3.24. The third kappa shape index (κ3) is 6.38. The Morgan fingerprint density at radius 2 is 1.62 bits per heavy atom. The highest BCUT2D eigenvalue weighted by molar-refractivity contribution is 7.92. The van der Waals surface area contributed by atoms with Crippen molar-refractivity contribution in [3.8, 4) is 0 Å². The smallest absolute Gasteiger partial charge is 0.251 e. The average Bonchev–Trinajstić information content (AvgIpc) is 2.56. The molecule has 0 atom stereocenters. The number of anilines is 2.